The summed E-state index contributed by atoms with van der Waals surface area (Å²) in [6.07, 6.45) is 2.83. The molecule has 7 nitrogen and oxygen atoms in total. The van der Waals surface area contributed by atoms with Crippen molar-refractivity contribution in [2.24, 2.45) is 0 Å². The molecule has 2 aromatic carbocycles. The van der Waals surface area contributed by atoms with Gasteiger partial charge in [-0.3, -0.25) is 9.88 Å². The smallest absolute Gasteiger partial charge is 0.325 e. The molecule has 3 aromatic rings. The Bertz CT molecular complexity index is 1250. The molecule has 1 saturated heterocycles. The van der Waals surface area contributed by atoms with Gasteiger partial charge in [-0.05, 0) is 61.0 Å². The Morgan fingerprint density at radius 1 is 1.09 bits per heavy atom. The van der Waals surface area contributed by atoms with Gasteiger partial charge in [0.05, 0.1) is 18.0 Å². The first-order chi connectivity index (χ1) is 15.7. The number of anilines is 1. The second-order valence-corrected chi connectivity index (χ2v) is 10.7. The van der Waals surface area contributed by atoms with Crippen molar-refractivity contribution in [2.45, 2.75) is 13.0 Å². The number of carbonyl (C=O) groups excluding carboxylic acids is 1. The van der Waals surface area contributed by atoms with Crippen molar-refractivity contribution in [1.82, 2.24) is 9.88 Å². The molecule has 1 atom stereocenters. The first kappa shape index (κ1) is 23.1. The molecular weight excluding hydrogens is 462 g/mol. The first-order valence-corrected chi connectivity index (χ1v) is 12.9. The predicted octanol–water partition coefficient (Wildman–Crippen LogP) is 4.86. The third-order valence-corrected chi connectivity index (χ3v) is 6.56. The highest BCUT2D eigenvalue weighted by Crippen LogP contribution is 2.36. The molecule has 1 aliphatic rings. The van der Waals surface area contributed by atoms with E-state index in [4.69, 9.17) is 16.3 Å². The summed E-state index contributed by atoms with van der Waals surface area (Å²) in [5.41, 5.74) is 2.45. The number of urea groups is 1. The lowest BCUT2D eigenvalue weighted by Crippen LogP contribution is -2.35. The summed E-state index contributed by atoms with van der Waals surface area (Å²) in [5.74, 6) is 1.14. The van der Waals surface area contributed by atoms with Crippen LogP contribution in [0.5, 0.6) is 11.5 Å². The third-order valence-electron chi connectivity index (χ3n) is 5.38. The standard InChI is InChI=1S/C24H24ClN3O4S/c1-17-6-11-22(15-26-17)32-21-5-3-4-18(14-21)23-16-27(12-13-33(2,30)31)24(29)28(23)20-9-7-19(25)8-10-20/h3-11,14-15,23H,12-13,16H2,1-2H3. The van der Waals surface area contributed by atoms with Crippen LogP contribution in [0.2, 0.25) is 5.02 Å². The van der Waals surface area contributed by atoms with Gasteiger partial charge in [0.2, 0.25) is 0 Å². The Balaban J connectivity index is 1.64. The van der Waals surface area contributed by atoms with Crippen molar-refractivity contribution in [2.75, 3.05) is 30.0 Å². The van der Waals surface area contributed by atoms with Gasteiger partial charge in [-0.2, -0.15) is 0 Å². The number of halogens is 1. The SMILES string of the molecule is Cc1ccc(Oc2cccc(C3CN(CCS(C)(=O)=O)C(=O)N3c3ccc(Cl)cc3)c2)cn1. The Kier molecular flexibility index (Phi) is 6.58. The zero-order valence-electron chi connectivity index (χ0n) is 18.3. The van der Waals surface area contributed by atoms with E-state index in [-0.39, 0.29) is 24.4 Å². The number of hydrogen-bond acceptors (Lipinski definition) is 5. The van der Waals surface area contributed by atoms with Crippen LogP contribution in [0.1, 0.15) is 17.3 Å². The molecule has 2 heterocycles. The maximum atomic E-state index is 13.3. The number of nitrogens with zero attached hydrogens (tertiary/aromatic N) is 3. The van der Waals surface area contributed by atoms with Crippen molar-refractivity contribution in [1.29, 1.82) is 0 Å². The normalized spacial score (nSPS) is 16.3. The summed E-state index contributed by atoms with van der Waals surface area (Å²) in [4.78, 5) is 20.8. The van der Waals surface area contributed by atoms with Gasteiger partial charge in [-0.15, -0.1) is 0 Å². The topological polar surface area (TPSA) is 79.8 Å². The number of aromatic nitrogens is 1. The minimum atomic E-state index is -3.21. The van der Waals surface area contributed by atoms with Crippen LogP contribution in [0.25, 0.3) is 0 Å². The van der Waals surface area contributed by atoms with Crippen LogP contribution in [0.15, 0.2) is 66.9 Å². The summed E-state index contributed by atoms with van der Waals surface area (Å²) in [7, 11) is -3.21. The largest absolute Gasteiger partial charge is 0.456 e. The number of ether oxygens (including phenoxy) is 1. The molecule has 172 valence electrons. The van der Waals surface area contributed by atoms with Crippen molar-refractivity contribution < 1.29 is 17.9 Å². The molecule has 0 N–H and O–H groups in total. The van der Waals surface area contributed by atoms with Gasteiger partial charge in [0.25, 0.3) is 0 Å². The number of benzene rings is 2. The van der Waals surface area contributed by atoms with E-state index in [2.05, 4.69) is 4.98 Å². The van der Waals surface area contributed by atoms with Crippen molar-refractivity contribution >= 4 is 33.2 Å². The van der Waals surface area contributed by atoms with E-state index >= 15 is 0 Å². The number of sulfone groups is 1. The van der Waals surface area contributed by atoms with Crippen LogP contribution in [0.4, 0.5) is 10.5 Å². The van der Waals surface area contributed by atoms with Gasteiger partial charge in [-0.1, -0.05) is 23.7 Å². The fourth-order valence-electron chi connectivity index (χ4n) is 3.70. The molecule has 0 saturated carbocycles. The second-order valence-electron chi connectivity index (χ2n) is 8.03. The quantitative estimate of drug-likeness (QED) is 0.477. The lowest BCUT2D eigenvalue weighted by molar-refractivity contribution is 0.223. The van der Waals surface area contributed by atoms with E-state index in [0.717, 1.165) is 11.3 Å². The molecule has 1 unspecified atom stereocenters. The van der Waals surface area contributed by atoms with Gasteiger partial charge in [-0.25, -0.2) is 13.2 Å². The highest BCUT2D eigenvalue weighted by molar-refractivity contribution is 7.90. The van der Waals surface area contributed by atoms with Crippen LogP contribution in [-0.4, -0.2) is 49.4 Å². The lowest BCUT2D eigenvalue weighted by atomic mass is 10.1. The van der Waals surface area contributed by atoms with Crippen molar-refractivity contribution in [3.8, 4) is 11.5 Å². The summed E-state index contributed by atoms with van der Waals surface area (Å²) < 4.78 is 29.3. The van der Waals surface area contributed by atoms with E-state index in [1.807, 2.05) is 43.3 Å². The molecule has 4 rings (SSSR count). The Hall–Kier alpha value is -3.10. The Morgan fingerprint density at radius 3 is 2.52 bits per heavy atom. The molecule has 0 spiro atoms. The van der Waals surface area contributed by atoms with Crippen LogP contribution in [0.3, 0.4) is 0 Å². The van der Waals surface area contributed by atoms with Crippen LogP contribution < -0.4 is 9.64 Å². The molecule has 0 bridgehead atoms. The number of hydrogen-bond donors (Lipinski definition) is 0. The fraction of sp³-hybridized carbons (Fsp3) is 0.250. The van der Waals surface area contributed by atoms with E-state index < -0.39 is 9.84 Å². The number of aryl methyl sites for hydroxylation is 1. The number of pyridine rings is 1. The van der Waals surface area contributed by atoms with E-state index in [9.17, 15) is 13.2 Å². The summed E-state index contributed by atoms with van der Waals surface area (Å²) in [5, 5.41) is 0.568. The maximum Gasteiger partial charge on any atom is 0.325 e. The summed E-state index contributed by atoms with van der Waals surface area (Å²) in [6, 6.07) is 17.7. The zero-order chi connectivity index (χ0) is 23.6. The molecule has 1 aromatic heterocycles. The molecule has 9 heteroatoms. The van der Waals surface area contributed by atoms with Crippen LogP contribution in [0, 0.1) is 6.92 Å². The molecule has 1 fully saturated rings. The van der Waals surface area contributed by atoms with E-state index in [0.29, 0.717) is 28.8 Å². The van der Waals surface area contributed by atoms with Gasteiger partial charge >= 0.3 is 6.03 Å². The second kappa shape index (κ2) is 9.41. The van der Waals surface area contributed by atoms with Crippen molar-refractivity contribution in [3.63, 3.8) is 0 Å². The van der Waals surface area contributed by atoms with Gasteiger partial charge in [0, 0.05) is 35.7 Å². The Morgan fingerprint density at radius 2 is 1.85 bits per heavy atom. The minimum Gasteiger partial charge on any atom is -0.456 e. The monoisotopic (exact) mass is 485 g/mol. The fourth-order valence-corrected chi connectivity index (χ4v) is 4.38. The number of carbonyl (C=O) groups is 1. The molecule has 1 aliphatic heterocycles. The third kappa shape index (κ3) is 5.64. The molecular formula is C24H24ClN3O4S. The molecule has 33 heavy (non-hydrogen) atoms. The highest BCUT2D eigenvalue weighted by atomic mass is 35.5. The average molecular weight is 486 g/mol. The highest BCUT2D eigenvalue weighted by Gasteiger charge is 2.39. The van der Waals surface area contributed by atoms with Gasteiger partial charge < -0.3 is 9.64 Å². The number of rotatable bonds is 7. The first-order valence-electron chi connectivity index (χ1n) is 10.4. The van der Waals surface area contributed by atoms with Crippen molar-refractivity contribution in [3.05, 3.63) is 83.1 Å². The zero-order valence-corrected chi connectivity index (χ0v) is 19.9. The average Bonchev–Trinajstić information content (AvgIpc) is 3.10. The van der Waals surface area contributed by atoms with Gasteiger partial charge in [0.1, 0.15) is 21.3 Å². The Labute approximate surface area is 198 Å². The van der Waals surface area contributed by atoms with E-state index in [1.54, 1.807) is 40.3 Å². The number of amides is 2. The molecule has 0 aliphatic carbocycles. The molecule has 2 amide bonds. The predicted molar refractivity (Wildman–Crippen MR) is 129 cm³/mol. The molecule has 0 radical (unpaired) electrons. The minimum absolute atomic E-state index is 0.0938. The van der Waals surface area contributed by atoms with Crippen LogP contribution in [-0.2, 0) is 9.84 Å². The van der Waals surface area contributed by atoms with Crippen LogP contribution >= 0.6 is 11.6 Å². The summed E-state index contributed by atoms with van der Waals surface area (Å²) >= 11 is 6.04. The summed E-state index contributed by atoms with van der Waals surface area (Å²) in [6.45, 7) is 2.39. The maximum absolute atomic E-state index is 13.3. The van der Waals surface area contributed by atoms with E-state index in [1.165, 1.54) is 6.26 Å². The lowest BCUT2D eigenvalue weighted by Gasteiger charge is -2.24. The van der Waals surface area contributed by atoms with Gasteiger partial charge in [0.15, 0.2) is 0 Å².